The molecule has 0 saturated heterocycles. The van der Waals surface area contributed by atoms with Crippen molar-refractivity contribution < 1.29 is 23.7 Å². The normalized spacial score (nSPS) is 17.7. The molecule has 29 heavy (non-hydrogen) atoms. The van der Waals surface area contributed by atoms with Gasteiger partial charge in [-0.1, -0.05) is 55.7 Å². The Hall–Kier alpha value is -1.60. The second-order valence-electron chi connectivity index (χ2n) is 7.97. The molecule has 2 rings (SSSR count). The van der Waals surface area contributed by atoms with Gasteiger partial charge in [-0.2, -0.15) is 0 Å². The first-order valence-electron chi connectivity index (χ1n) is 10.3. The second-order valence-corrected chi connectivity index (χ2v) is 10.4. The molecule has 1 aromatic rings. The molecule has 1 saturated carbocycles. The van der Waals surface area contributed by atoms with Gasteiger partial charge in [-0.05, 0) is 49.4 Å². The van der Waals surface area contributed by atoms with Crippen LogP contribution in [0.3, 0.4) is 0 Å². The quantitative estimate of drug-likeness (QED) is 0.397. The molecule has 0 bridgehead atoms. The molecule has 1 fully saturated rings. The van der Waals surface area contributed by atoms with Crippen molar-refractivity contribution in [3.8, 4) is 11.6 Å². The number of benzene rings is 1. The predicted octanol–water partition coefficient (Wildman–Crippen LogP) is 4.58. The number of ether oxygens (including phenoxy) is 1. The zero-order valence-electron chi connectivity index (χ0n) is 18.0. The summed E-state index contributed by atoms with van der Waals surface area (Å²) in [6.45, 7) is 4.11. The predicted molar refractivity (Wildman–Crippen MR) is 115 cm³/mol. The lowest BCUT2D eigenvalue weighted by molar-refractivity contribution is -0.150. The van der Waals surface area contributed by atoms with Crippen LogP contribution in [0.1, 0.15) is 60.8 Å². The van der Waals surface area contributed by atoms with Crippen molar-refractivity contribution in [3.63, 3.8) is 0 Å². The molecular weight excluding hydrogens is 387 g/mol. The fourth-order valence-corrected chi connectivity index (χ4v) is 5.23. The minimum atomic E-state index is -3.29. The number of esters is 1. The Morgan fingerprint density at radius 3 is 2.55 bits per heavy atom. The van der Waals surface area contributed by atoms with Crippen molar-refractivity contribution in [1.82, 2.24) is 0 Å². The van der Waals surface area contributed by atoms with Gasteiger partial charge in [0.05, 0.1) is 7.11 Å². The van der Waals surface area contributed by atoms with Gasteiger partial charge in [-0.3, -0.25) is 4.57 Å². The summed E-state index contributed by atoms with van der Waals surface area (Å²) in [5.41, 5.74) is 7.24. The molecule has 0 aliphatic heterocycles. The molecule has 160 valence electrons. The average molecular weight is 420 g/mol. The SMILES string of the molecule is COC(=O)[C@@H](O)CCP(=O)(C#Cc1c(C)cc(C)cc1CC1CCCCC1)OC. The average Bonchev–Trinajstić information content (AvgIpc) is 2.71. The van der Waals surface area contributed by atoms with Crippen LogP contribution in [0.25, 0.3) is 0 Å². The lowest BCUT2D eigenvalue weighted by Gasteiger charge is -2.22. The summed E-state index contributed by atoms with van der Waals surface area (Å²) in [4.78, 5) is 11.4. The van der Waals surface area contributed by atoms with E-state index in [9.17, 15) is 14.5 Å². The number of aliphatic hydroxyl groups is 1. The maximum atomic E-state index is 13.0. The molecule has 1 N–H and O–H groups in total. The molecule has 0 aromatic heterocycles. The summed E-state index contributed by atoms with van der Waals surface area (Å²) in [7, 11) is -0.737. The number of methoxy groups -OCH3 is 1. The standard InChI is InChI=1S/C23H33O5P/c1-17-14-18(2)21(20(15-17)16-19-8-6-5-7-9-19)10-12-29(26,28-4)13-11-22(24)23(25)27-3/h14-15,19,22,24H,5-9,11,13,16H2,1-4H3/t22-,29?/m0/s1. The van der Waals surface area contributed by atoms with Crippen LogP contribution >= 0.6 is 7.37 Å². The van der Waals surface area contributed by atoms with E-state index in [1.165, 1.54) is 57.5 Å². The van der Waals surface area contributed by atoms with Crippen LogP contribution in [0.2, 0.25) is 0 Å². The Bertz CT molecular complexity index is 815. The van der Waals surface area contributed by atoms with E-state index in [-0.39, 0.29) is 12.6 Å². The minimum absolute atomic E-state index is 0.00433. The highest BCUT2D eigenvalue weighted by Crippen LogP contribution is 2.45. The fraction of sp³-hybridized carbons (Fsp3) is 0.609. The maximum Gasteiger partial charge on any atom is 0.334 e. The zero-order valence-corrected chi connectivity index (χ0v) is 18.9. The number of hydrogen-bond donors (Lipinski definition) is 1. The van der Waals surface area contributed by atoms with Crippen LogP contribution in [0.5, 0.6) is 0 Å². The van der Waals surface area contributed by atoms with E-state index in [1.54, 1.807) is 0 Å². The summed E-state index contributed by atoms with van der Waals surface area (Å²) in [6.07, 6.45) is 6.05. The molecular formula is C23H33O5P. The molecule has 6 heteroatoms. The smallest absolute Gasteiger partial charge is 0.334 e. The first kappa shape index (κ1) is 23.7. The topological polar surface area (TPSA) is 72.8 Å². The summed E-state index contributed by atoms with van der Waals surface area (Å²) in [5, 5.41) is 9.76. The van der Waals surface area contributed by atoms with E-state index in [0.29, 0.717) is 5.92 Å². The van der Waals surface area contributed by atoms with Crippen LogP contribution in [-0.4, -0.2) is 37.6 Å². The largest absolute Gasteiger partial charge is 0.467 e. The van der Waals surface area contributed by atoms with Crippen LogP contribution in [0, 0.1) is 31.3 Å². The van der Waals surface area contributed by atoms with Gasteiger partial charge in [-0.15, -0.1) is 0 Å². The van der Waals surface area contributed by atoms with Gasteiger partial charge in [0.15, 0.2) is 6.10 Å². The molecule has 1 aromatic carbocycles. The van der Waals surface area contributed by atoms with Gasteiger partial charge in [0.2, 0.25) is 0 Å². The van der Waals surface area contributed by atoms with Crippen LogP contribution in [0.15, 0.2) is 12.1 Å². The molecule has 0 heterocycles. The van der Waals surface area contributed by atoms with Gasteiger partial charge in [-0.25, -0.2) is 4.79 Å². The molecule has 0 spiro atoms. The molecule has 1 aliphatic rings. The van der Waals surface area contributed by atoms with E-state index >= 15 is 0 Å². The monoisotopic (exact) mass is 420 g/mol. The molecule has 2 atom stereocenters. The first-order chi connectivity index (χ1) is 13.8. The Kier molecular flexibility index (Phi) is 8.96. The lowest BCUT2D eigenvalue weighted by Crippen LogP contribution is -2.22. The second kappa shape index (κ2) is 11.0. The number of aliphatic hydroxyl groups excluding tert-OH is 1. The third kappa shape index (κ3) is 7.00. The molecule has 1 aliphatic carbocycles. The summed E-state index contributed by atoms with van der Waals surface area (Å²) < 4.78 is 22.7. The summed E-state index contributed by atoms with van der Waals surface area (Å²) in [5.74, 6) is 3.05. The number of hydrogen-bond acceptors (Lipinski definition) is 5. The van der Waals surface area contributed by atoms with Gasteiger partial charge in [0.25, 0.3) is 7.37 Å². The number of carbonyl (C=O) groups excluding carboxylic acids is 1. The number of aryl methyl sites for hydroxylation is 2. The Balaban J connectivity index is 2.23. The maximum absolute atomic E-state index is 13.0. The van der Waals surface area contributed by atoms with Crippen LogP contribution in [-0.2, 0) is 25.0 Å². The van der Waals surface area contributed by atoms with Crippen molar-refractivity contribution in [2.45, 2.75) is 64.9 Å². The van der Waals surface area contributed by atoms with Crippen molar-refractivity contribution in [3.05, 3.63) is 34.4 Å². The van der Waals surface area contributed by atoms with Gasteiger partial charge < -0.3 is 14.4 Å². The first-order valence-corrected chi connectivity index (χ1v) is 12.1. The van der Waals surface area contributed by atoms with Crippen molar-refractivity contribution in [1.29, 1.82) is 0 Å². The van der Waals surface area contributed by atoms with Crippen LogP contribution < -0.4 is 0 Å². The molecule has 0 amide bonds. The molecule has 0 radical (unpaired) electrons. The lowest BCUT2D eigenvalue weighted by atomic mass is 9.83. The Morgan fingerprint density at radius 1 is 1.24 bits per heavy atom. The number of rotatable bonds is 7. The highest BCUT2D eigenvalue weighted by Gasteiger charge is 2.24. The van der Waals surface area contributed by atoms with E-state index < -0.39 is 19.4 Å². The Labute approximate surface area is 174 Å². The minimum Gasteiger partial charge on any atom is -0.467 e. The third-order valence-electron chi connectivity index (χ3n) is 5.61. The van der Waals surface area contributed by atoms with Crippen molar-refractivity contribution in [2.75, 3.05) is 20.4 Å². The van der Waals surface area contributed by atoms with E-state index in [1.807, 2.05) is 6.92 Å². The molecule has 5 nitrogen and oxygen atoms in total. The number of carbonyl (C=O) groups is 1. The molecule has 1 unspecified atom stereocenters. The highest BCUT2D eigenvalue weighted by molar-refractivity contribution is 7.64. The summed E-state index contributed by atoms with van der Waals surface area (Å²) in [6, 6.07) is 4.28. The van der Waals surface area contributed by atoms with E-state index in [2.05, 4.69) is 35.4 Å². The third-order valence-corrected chi connectivity index (χ3v) is 7.50. The van der Waals surface area contributed by atoms with E-state index in [4.69, 9.17) is 4.52 Å². The van der Waals surface area contributed by atoms with Crippen LogP contribution in [0.4, 0.5) is 0 Å². The van der Waals surface area contributed by atoms with Gasteiger partial charge in [0.1, 0.15) is 0 Å². The summed E-state index contributed by atoms with van der Waals surface area (Å²) >= 11 is 0. The van der Waals surface area contributed by atoms with Gasteiger partial charge >= 0.3 is 5.97 Å². The highest BCUT2D eigenvalue weighted by atomic mass is 31.2. The van der Waals surface area contributed by atoms with Crippen molar-refractivity contribution >= 4 is 13.3 Å². The fourth-order valence-electron chi connectivity index (χ4n) is 3.98. The van der Waals surface area contributed by atoms with Gasteiger partial charge in [0, 0.05) is 18.8 Å². The zero-order chi connectivity index (χ0) is 21.4. The van der Waals surface area contributed by atoms with E-state index in [0.717, 1.165) is 17.5 Å². The Morgan fingerprint density at radius 2 is 1.93 bits per heavy atom. The van der Waals surface area contributed by atoms with Crippen molar-refractivity contribution in [2.24, 2.45) is 5.92 Å².